The average molecular weight is 494 g/mol. The van der Waals surface area contributed by atoms with Crippen molar-refractivity contribution in [2.24, 2.45) is 0 Å². The minimum Gasteiger partial charge on any atom is -0.372 e. The number of aryl methyl sites for hydroxylation is 2. The molecule has 0 radical (unpaired) electrons. The molecule has 1 N–H and O–H groups in total. The van der Waals surface area contributed by atoms with Crippen LogP contribution in [0.15, 0.2) is 77.7 Å². The first-order valence-corrected chi connectivity index (χ1v) is 13.5. The Morgan fingerprint density at radius 1 is 0.857 bits per heavy atom. The van der Waals surface area contributed by atoms with Crippen LogP contribution in [0.4, 0.5) is 11.4 Å². The number of hydrogen-bond donors (Lipinski definition) is 1. The molecule has 0 unspecified atom stereocenters. The van der Waals surface area contributed by atoms with E-state index in [-0.39, 0.29) is 17.3 Å². The number of carbonyl (C=O) groups is 1. The Kier molecular flexibility index (Phi) is 8.93. The van der Waals surface area contributed by atoms with E-state index in [4.69, 9.17) is 0 Å². The summed E-state index contributed by atoms with van der Waals surface area (Å²) in [4.78, 5) is 15.4. The predicted molar refractivity (Wildman–Crippen MR) is 143 cm³/mol. The third-order valence-electron chi connectivity index (χ3n) is 6.09. The summed E-state index contributed by atoms with van der Waals surface area (Å²) in [6.07, 6.45) is 0.649. The van der Waals surface area contributed by atoms with Crippen molar-refractivity contribution in [3.8, 4) is 0 Å². The summed E-state index contributed by atoms with van der Waals surface area (Å²) in [5.41, 5.74) is 4.44. The monoisotopic (exact) mass is 493 g/mol. The summed E-state index contributed by atoms with van der Waals surface area (Å²) >= 11 is 0. The maximum Gasteiger partial charge on any atom is 0.264 e. The third-order valence-corrected chi connectivity index (χ3v) is 7.87. The minimum absolute atomic E-state index is 0.161. The van der Waals surface area contributed by atoms with Gasteiger partial charge < -0.3 is 10.2 Å². The highest BCUT2D eigenvalue weighted by molar-refractivity contribution is 7.92. The Bertz CT molecular complexity index is 1220. The van der Waals surface area contributed by atoms with Crippen LogP contribution in [0, 0.1) is 6.92 Å². The quantitative estimate of drug-likeness (QED) is 0.412. The number of hydrogen-bond acceptors (Lipinski definition) is 4. The maximum atomic E-state index is 13.6. The molecule has 6 nitrogen and oxygen atoms in total. The first-order chi connectivity index (χ1) is 16.8. The fourth-order valence-corrected chi connectivity index (χ4v) is 5.45. The molecule has 0 spiro atoms. The van der Waals surface area contributed by atoms with Crippen LogP contribution < -0.4 is 14.5 Å². The van der Waals surface area contributed by atoms with Gasteiger partial charge in [-0.1, -0.05) is 55.0 Å². The zero-order valence-electron chi connectivity index (χ0n) is 21.0. The van der Waals surface area contributed by atoms with E-state index in [9.17, 15) is 13.2 Å². The lowest BCUT2D eigenvalue weighted by molar-refractivity contribution is -0.119. The smallest absolute Gasteiger partial charge is 0.264 e. The highest BCUT2D eigenvalue weighted by atomic mass is 32.2. The molecule has 0 saturated heterocycles. The van der Waals surface area contributed by atoms with Crippen LogP contribution in [-0.2, 0) is 27.8 Å². The van der Waals surface area contributed by atoms with Crippen LogP contribution in [0.1, 0.15) is 37.5 Å². The summed E-state index contributed by atoms with van der Waals surface area (Å²) < 4.78 is 28.5. The zero-order valence-corrected chi connectivity index (χ0v) is 21.8. The Hall–Kier alpha value is -3.32. The van der Waals surface area contributed by atoms with Gasteiger partial charge in [0.25, 0.3) is 10.0 Å². The number of benzene rings is 3. The van der Waals surface area contributed by atoms with Crippen LogP contribution in [-0.4, -0.2) is 34.0 Å². The number of sulfonamides is 1. The number of para-hydroxylation sites is 1. The van der Waals surface area contributed by atoms with Gasteiger partial charge in [0, 0.05) is 25.3 Å². The third kappa shape index (κ3) is 6.42. The fourth-order valence-electron chi connectivity index (χ4n) is 3.99. The molecule has 35 heavy (non-hydrogen) atoms. The van der Waals surface area contributed by atoms with Crippen molar-refractivity contribution in [1.82, 2.24) is 5.32 Å². The minimum atomic E-state index is -3.94. The molecule has 3 aromatic carbocycles. The molecule has 0 aromatic heterocycles. The SMILES string of the molecule is CCc1ccccc1N(CC(=O)NCc1ccc(N(CC)CC)cc1)S(=O)(=O)c1ccc(C)cc1. The molecule has 3 rings (SSSR count). The summed E-state index contributed by atoms with van der Waals surface area (Å²) in [7, 11) is -3.94. The first kappa shape index (κ1) is 26.3. The molecule has 1 amide bonds. The lowest BCUT2D eigenvalue weighted by atomic mass is 10.1. The molecule has 0 fully saturated rings. The number of anilines is 2. The van der Waals surface area contributed by atoms with E-state index in [1.54, 1.807) is 36.4 Å². The van der Waals surface area contributed by atoms with Crippen molar-refractivity contribution in [2.75, 3.05) is 28.8 Å². The van der Waals surface area contributed by atoms with Crippen LogP contribution in [0.25, 0.3) is 0 Å². The fraction of sp³-hybridized carbons (Fsp3) is 0.321. The Morgan fingerprint density at radius 2 is 1.49 bits per heavy atom. The molecule has 0 atom stereocenters. The maximum absolute atomic E-state index is 13.6. The van der Waals surface area contributed by atoms with Crippen LogP contribution in [0.5, 0.6) is 0 Å². The van der Waals surface area contributed by atoms with E-state index in [2.05, 4.69) is 24.1 Å². The average Bonchev–Trinajstić information content (AvgIpc) is 2.87. The number of amides is 1. The van der Waals surface area contributed by atoms with Gasteiger partial charge in [0.15, 0.2) is 0 Å². The summed E-state index contributed by atoms with van der Waals surface area (Å²) in [6, 6.07) is 22.1. The number of rotatable bonds is 11. The van der Waals surface area contributed by atoms with Gasteiger partial charge in [-0.3, -0.25) is 9.10 Å². The van der Waals surface area contributed by atoms with Gasteiger partial charge in [-0.05, 0) is 68.7 Å². The molecule has 0 saturated carbocycles. The predicted octanol–water partition coefficient (Wildman–Crippen LogP) is 4.92. The van der Waals surface area contributed by atoms with E-state index in [0.717, 1.165) is 35.5 Å². The number of nitrogens with one attached hydrogen (secondary N) is 1. The van der Waals surface area contributed by atoms with Gasteiger partial charge in [-0.25, -0.2) is 8.42 Å². The molecule has 0 aliphatic heterocycles. The van der Waals surface area contributed by atoms with Crippen molar-refractivity contribution >= 4 is 27.3 Å². The van der Waals surface area contributed by atoms with Gasteiger partial charge in [0.1, 0.15) is 6.54 Å². The van der Waals surface area contributed by atoms with Crippen LogP contribution in [0.3, 0.4) is 0 Å². The van der Waals surface area contributed by atoms with Gasteiger partial charge in [0.05, 0.1) is 10.6 Å². The summed E-state index contributed by atoms with van der Waals surface area (Å²) in [5, 5.41) is 2.89. The van der Waals surface area contributed by atoms with Gasteiger partial charge in [-0.15, -0.1) is 0 Å². The van der Waals surface area contributed by atoms with Crippen molar-refractivity contribution < 1.29 is 13.2 Å². The van der Waals surface area contributed by atoms with Crippen LogP contribution >= 0.6 is 0 Å². The lowest BCUT2D eigenvalue weighted by Crippen LogP contribution is -2.41. The van der Waals surface area contributed by atoms with Crippen molar-refractivity contribution in [3.63, 3.8) is 0 Å². The zero-order chi connectivity index (χ0) is 25.4. The van der Waals surface area contributed by atoms with E-state index < -0.39 is 10.0 Å². The van der Waals surface area contributed by atoms with E-state index >= 15 is 0 Å². The van der Waals surface area contributed by atoms with Crippen molar-refractivity contribution in [3.05, 3.63) is 89.5 Å². The molecule has 3 aromatic rings. The number of nitrogens with zero attached hydrogens (tertiary/aromatic N) is 2. The Labute approximate surface area is 209 Å². The van der Waals surface area contributed by atoms with Gasteiger partial charge >= 0.3 is 0 Å². The topological polar surface area (TPSA) is 69.7 Å². The molecule has 186 valence electrons. The van der Waals surface area contributed by atoms with E-state index in [1.807, 2.05) is 50.2 Å². The standard InChI is InChI=1S/C28H35N3O3S/c1-5-24-10-8-9-11-27(24)31(35(33,34)26-18-12-22(4)13-19-26)21-28(32)29-20-23-14-16-25(17-15-23)30(6-2)7-3/h8-19H,5-7,20-21H2,1-4H3,(H,29,32). The second-order valence-corrected chi connectivity index (χ2v) is 10.3. The van der Waals surface area contributed by atoms with Crippen molar-refractivity contribution in [2.45, 2.75) is 45.6 Å². The van der Waals surface area contributed by atoms with Gasteiger partial charge in [0.2, 0.25) is 5.91 Å². The Morgan fingerprint density at radius 3 is 2.09 bits per heavy atom. The van der Waals surface area contributed by atoms with Gasteiger partial charge in [-0.2, -0.15) is 0 Å². The summed E-state index contributed by atoms with van der Waals surface area (Å²) in [6.45, 7) is 9.99. The molecule has 7 heteroatoms. The second-order valence-electron chi connectivity index (χ2n) is 8.42. The van der Waals surface area contributed by atoms with E-state index in [1.165, 1.54) is 4.31 Å². The first-order valence-electron chi connectivity index (χ1n) is 12.1. The lowest BCUT2D eigenvalue weighted by Gasteiger charge is -2.26. The normalized spacial score (nSPS) is 11.2. The number of carbonyl (C=O) groups excluding carboxylic acids is 1. The Balaban J connectivity index is 1.81. The van der Waals surface area contributed by atoms with E-state index in [0.29, 0.717) is 18.7 Å². The van der Waals surface area contributed by atoms with Crippen molar-refractivity contribution in [1.29, 1.82) is 0 Å². The molecule has 0 aliphatic carbocycles. The molecular formula is C28H35N3O3S. The molecule has 0 aliphatic rings. The van der Waals surface area contributed by atoms with Crippen LogP contribution in [0.2, 0.25) is 0 Å². The molecule has 0 heterocycles. The highest BCUT2D eigenvalue weighted by Crippen LogP contribution is 2.27. The largest absolute Gasteiger partial charge is 0.372 e. The molecular weight excluding hydrogens is 458 g/mol. The summed E-state index contributed by atoms with van der Waals surface area (Å²) in [5.74, 6) is -0.362. The molecule has 0 bridgehead atoms. The highest BCUT2D eigenvalue weighted by Gasteiger charge is 2.28. The second kappa shape index (κ2) is 11.9.